The molecule has 1 fully saturated rings. The van der Waals surface area contributed by atoms with Gasteiger partial charge in [0.15, 0.2) is 0 Å². The van der Waals surface area contributed by atoms with Crippen LogP contribution in [0.4, 0.5) is 5.69 Å². The number of nitrogen functional groups attached to an aromatic ring is 1. The molecule has 0 amide bonds. The van der Waals surface area contributed by atoms with Gasteiger partial charge in [-0.1, -0.05) is 0 Å². The maximum atomic E-state index is 5.30. The van der Waals surface area contributed by atoms with Gasteiger partial charge < -0.3 is 16.4 Å². The lowest BCUT2D eigenvalue weighted by molar-refractivity contribution is 0.534. The van der Waals surface area contributed by atoms with Crippen molar-refractivity contribution in [1.82, 2.24) is 15.6 Å². The molecule has 4 nitrogen and oxygen atoms in total. The number of nitrogens with one attached hydrogen (secondary N) is 2. The van der Waals surface area contributed by atoms with Crippen molar-refractivity contribution in [3.63, 3.8) is 0 Å². The van der Waals surface area contributed by atoms with E-state index in [9.17, 15) is 0 Å². The normalized spacial score (nSPS) is 15.7. The largest absolute Gasteiger partial charge is 0.397 e. The van der Waals surface area contributed by atoms with Crippen molar-refractivity contribution in [1.29, 1.82) is 0 Å². The summed E-state index contributed by atoms with van der Waals surface area (Å²) in [4.78, 5) is 3.76. The molecule has 13 heavy (non-hydrogen) atoms. The molecule has 1 aliphatic heterocycles. The van der Waals surface area contributed by atoms with Gasteiger partial charge in [0, 0.05) is 38.6 Å². The fourth-order valence-corrected chi connectivity index (χ4v) is 0.980. The van der Waals surface area contributed by atoms with Gasteiger partial charge in [-0.2, -0.15) is 0 Å². The molecule has 0 aromatic carbocycles. The van der Waals surface area contributed by atoms with Crippen molar-refractivity contribution in [2.45, 2.75) is 0 Å². The third-order valence-electron chi connectivity index (χ3n) is 1.64. The molecule has 1 aromatic rings. The molecule has 0 saturated carbocycles. The molecule has 1 saturated heterocycles. The third-order valence-corrected chi connectivity index (χ3v) is 1.64. The highest BCUT2D eigenvalue weighted by molar-refractivity contribution is 5.32. The van der Waals surface area contributed by atoms with Crippen LogP contribution in [0, 0.1) is 0 Å². The van der Waals surface area contributed by atoms with E-state index in [1.807, 2.05) is 0 Å². The van der Waals surface area contributed by atoms with Gasteiger partial charge in [0.05, 0.1) is 5.69 Å². The first kappa shape index (κ1) is 9.95. The lowest BCUT2D eigenvalue weighted by Gasteiger charge is -2.11. The number of anilines is 1. The SMILES string of the molecule is C1CNCCN1.Nc1cccnc1. The van der Waals surface area contributed by atoms with E-state index in [4.69, 9.17) is 5.73 Å². The molecule has 4 heteroatoms. The highest BCUT2D eigenvalue weighted by Gasteiger charge is 1.91. The van der Waals surface area contributed by atoms with E-state index in [1.165, 1.54) is 0 Å². The molecule has 72 valence electrons. The minimum Gasteiger partial charge on any atom is -0.397 e. The van der Waals surface area contributed by atoms with E-state index in [0.717, 1.165) is 26.2 Å². The van der Waals surface area contributed by atoms with Gasteiger partial charge in [-0.3, -0.25) is 4.98 Å². The second-order valence-electron chi connectivity index (χ2n) is 2.79. The fraction of sp³-hybridized carbons (Fsp3) is 0.444. The van der Waals surface area contributed by atoms with Crippen LogP contribution in [0.5, 0.6) is 0 Å². The van der Waals surface area contributed by atoms with Crippen LogP contribution in [-0.4, -0.2) is 31.2 Å². The molecule has 4 N–H and O–H groups in total. The Hall–Kier alpha value is -1.13. The highest BCUT2D eigenvalue weighted by atomic mass is 15.0. The van der Waals surface area contributed by atoms with Crippen LogP contribution in [0.25, 0.3) is 0 Å². The minimum absolute atomic E-state index is 0.711. The van der Waals surface area contributed by atoms with E-state index in [1.54, 1.807) is 24.5 Å². The quantitative estimate of drug-likeness (QED) is 0.519. The van der Waals surface area contributed by atoms with E-state index < -0.39 is 0 Å². The number of aromatic nitrogens is 1. The predicted molar refractivity (Wildman–Crippen MR) is 54.4 cm³/mol. The smallest absolute Gasteiger partial charge is 0.0500 e. The number of piperazine rings is 1. The predicted octanol–water partition coefficient (Wildman–Crippen LogP) is -0.157. The van der Waals surface area contributed by atoms with Gasteiger partial charge in [-0.05, 0) is 12.1 Å². The minimum atomic E-state index is 0.711. The second kappa shape index (κ2) is 6.39. The molecular weight excluding hydrogens is 164 g/mol. The molecule has 0 radical (unpaired) electrons. The maximum absolute atomic E-state index is 5.30. The number of rotatable bonds is 0. The van der Waals surface area contributed by atoms with Crippen LogP contribution < -0.4 is 16.4 Å². The lowest BCUT2D eigenvalue weighted by atomic mass is 10.4. The van der Waals surface area contributed by atoms with Crippen molar-refractivity contribution in [3.05, 3.63) is 24.5 Å². The number of nitrogens with two attached hydrogens (primary N) is 1. The molecule has 1 aromatic heterocycles. The summed E-state index contributed by atoms with van der Waals surface area (Å²) < 4.78 is 0. The van der Waals surface area contributed by atoms with Crippen molar-refractivity contribution in [2.75, 3.05) is 31.9 Å². The average molecular weight is 180 g/mol. The van der Waals surface area contributed by atoms with Gasteiger partial charge in [-0.25, -0.2) is 0 Å². The van der Waals surface area contributed by atoms with Crippen molar-refractivity contribution >= 4 is 5.69 Å². The fourth-order valence-electron chi connectivity index (χ4n) is 0.980. The van der Waals surface area contributed by atoms with Gasteiger partial charge in [0.25, 0.3) is 0 Å². The van der Waals surface area contributed by atoms with E-state index in [-0.39, 0.29) is 0 Å². The van der Waals surface area contributed by atoms with Crippen molar-refractivity contribution < 1.29 is 0 Å². The van der Waals surface area contributed by atoms with E-state index in [0.29, 0.717) is 5.69 Å². The summed E-state index contributed by atoms with van der Waals surface area (Å²) in [6, 6.07) is 3.60. The monoisotopic (exact) mass is 180 g/mol. The van der Waals surface area contributed by atoms with Crippen LogP contribution in [0.15, 0.2) is 24.5 Å². The number of hydrogen-bond donors (Lipinski definition) is 3. The Morgan fingerprint density at radius 2 is 1.77 bits per heavy atom. The lowest BCUT2D eigenvalue weighted by Crippen LogP contribution is -2.39. The molecule has 2 rings (SSSR count). The third kappa shape index (κ3) is 5.16. The first-order valence-corrected chi connectivity index (χ1v) is 4.46. The van der Waals surface area contributed by atoms with Gasteiger partial charge in [0.2, 0.25) is 0 Å². The average Bonchev–Trinajstić information content (AvgIpc) is 2.22. The standard InChI is InChI=1S/C5H6N2.C4H10N2/c6-5-2-1-3-7-4-5;1-2-6-4-3-5-1/h1-4H,6H2;5-6H,1-4H2. The highest BCUT2D eigenvalue weighted by Crippen LogP contribution is 1.92. The van der Waals surface area contributed by atoms with Crippen LogP contribution in [-0.2, 0) is 0 Å². The molecule has 0 aliphatic carbocycles. The summed E-state index contributed by atoms with van der Waals surface area (Å²) in [5.74, 6) is 0. The summed E-state index contributed by atoms with van der Waals surface area (Å²) in [6.45, 7) is 4.56. The Morgan fingerprint density at radius 1 is 1.15 bits per heavy atom. The molecule has 0 bridgehead atoms. The number of nitrogens with zero attached hydrogens (tertiary/aromatic N) is 1. The van der Waals surface area contributed by atoms with Crippen LogP contribution in [0.2, 0.25) is 0 Å². The molecule has 2 heterocycles. The van der Waals surface area contributed by atoms with Crippen LogP contribution >= 0.6 is 0 Å². The van der Waals surface area contributed by atoms with Crippen LogP contribution in [0.3, 0.4) is 0 Å². The number of hydrogen-bond acceptors (Lipinski definition) is 4. The second-order valence-corrected chi connectivity index (χ2v) is 2.79. The summed E-state index contributed by atoms with van der Waals surface area (Å²) in [5, 5.41) is 6.44. The van der Waals surface area contributed by atoms with Crippen LogP contribution in [0.1, 0.15) is 0 Å². The zero-order valence-electron chi connectivity index (χ0n) is 7.66. The Kier molecular flexibility index (Phi) is 4.90. The van der Waals surface area contributed by atoms with Crippen molar-refractivity contribution in [2.24, 2.45) is 0 Å². The molecular formula is C9H16N4. The summed E-state index contributed by atoms with van der Waals surface area (Å²) in [6.07, 6.45) is 3.30. The summed E-state index contributed by atoms with van der Waals surface area (Å²) >= 11 is 0. The topological polar surface area (TPSA) is 63.0 Å². The van der Waals surface area contributed by atoms with Gasteiger partial charge >= 0.3 is 0 Å². The molecule has 0 atom stereocenters. The molecule has 1 aliphatic rings. The Labute approximate surface area is 78.6 Å². The van der Waals surface area contributed by atoms with Gasteiger partial charge in [0.1, 0.15) is 0 Å². The Bertz CT molecular complexity index is 197. The molecule has 0 unspecified atom stereocenters. The number of pyridine rings is 1. The Balaban J connectivity index is 0.000000132. The Morgan fingerprint density at radius 3 is 2.00 bits per heavy atom. The van der Waals surface area contributed by atoms with Gasteiger partial charge in [-0.15, -0.1) is 0 Å². The van der Waals surface area contributed by atoms with E-state index in [2.05, 4.69) is 15.6 Å². The molecule has 0 spiro atoms. The summed E-state index contributed by atoms with van der Waals surface area (Å²) in [7, 11) is 0. The first-order valence-electron chi connectivity index (χ1n) is 4.46. The van der Waals surface area contributed by atoms with E-state index >= 15 is 0 Å². The zero-order valence-corrected chi connectivity index (χ0v) is 7.66. The van der Waals surface area contributed by atoms with Crippen molar-refractivity contribution in [3.8, 4) is 0 Å². The zero-order chi connectivity index (χ0) is 9.36. The summed E-state index contributed by atoms with van der Waals surface area (Å²) in [5.41, 5.74) is 6.01. The first-order chi connectivity index (χ1) is 6.39. The maximum Gasteiger partial charge on any atom is 0.0500 e.